The second kappa shape index (κ2) is 4.06. The molecule has 20 heavy (non-hydrogen) atoms. The summed E-state index contributed by atoms with van der Waals surface area (Å²) in [5, 5.41) is 19.6. The largest absolute Gasteiger partial charge is 0.340 e. The quantitative estimate of drug-likeness (QED) is 0.520. The van der Waals surface area contributed by atoms with Crippen LogP contribution in [0.1, 0.15) is 5.69 Å². The number of pyridine rings is 1. The average molecular weight is 264 g/mol. The Kier molecular flexibility index (Phi) is 2.23. The number of anilines is 2. The molecule has 1 aromatic carbocycles. The molecular weight excluding hydrogens is 252 g/mol. The summed E-state index contributed by atoms with van der Waals surface area (Å²) in [5.41, 5.74) is 3.89. The number of benzene rings is 1. The van der Waals surface area contributed by atoms with Gasteiger partial charge < -0.3 is 5.32 Å². The summed E-state index contributed by atoms with van der Waals surface area (Å²) in [7, 11) is 0. The van der Waals surface area contributed by atoms with E-state index in [9.17, 15) is 0 Å². The maximum atomic E-state index is 4.41. The normalized spacial score (nSPS) is 11.2. The van der Waals surface area contributed by atoms with Crippen molar-refractivity contribution in [1.29, 1.82) is 0 Å². The SMILES string of the molecule is Cc1[nH]nc2ccnc(Nc3ccc4[nH]ncc4c3)c12. The highest BCUT2D eigenvalue weighted by Gasteiger charge is 2.08. The first-order valence-corrected chi connectivity index (χ1v) is 6.31. The molecule has 3 aromatic heterocycles. The van der Waals surface area contributed by atoms with Crippen LogP contribution >= 0.6 is 0 Å². The molecule has 0 unspecified atom stereocenters. The Morgan fingerprint density at radius 1 is 1.15 bits per heavy atom. The fraction of sp³-hybridized carbons (Fsp3) is 0.0714. The van der Waals surface area contributed by atoms with Crippen molar-refractivity contribution in [3.63, 3.8) is 0 Å². The molecule has 98 valence electrons. The van der Waals surface area contributed by atoms with E-state index < -0.39 is 0 Å². The van der Waals surface area contributed by atoms with Crippen LogP contribution < -0.4 is 5.32 Å². The third kappa shape index (κ3) is 1.62. The first-order valence-electron chi connectivity index (χ1n) is 6.31. The van der Waals surface area contributed by atoms with Gasteiger partial charge in [-0.15, -0.1) is 0 Å². The summed E-state index contributed by atoms with van der Waals surface area (Å²) in [6, 6.07) is 7.92. The molecule has 0 saturated heterocycles. The average Bonchev–Trinajstić information content (AvgIpc) is 3.06. The lowest BCUT2D eigenvalue weighted by Crippen LogP contribution is -1.94. The van der Waals surface area contributed by atoms with Gasteiger partial charge in [-0.3, -0.25) is 10.2 Å². The third-order valence-electron chi connectivity index (χ3n) is 3.35. The van der Waals surface area contributed by atoms with Gasteiger partial charge in [-0.1, -0.05) is 0 Å². The van der Waals surface area contributed by atoms with Crippen molar-refractivity contribution in [3.8, 4) is 0 Å². The zero-order valence-electron chi connectivity index (χ0n) is 10.8. The molecule has 4 aromatic rings. The molecule has 0 atom stereocenters. The van der Waals surface area contributed by atoms with E-state index >= 15 is 0 Å². The van der Waals surface area contributed by atoms with E-state index in [1.165, 1.54) is 0 Å². The van der Waals surface area contributed by atoms with Gasteiger partial charge >= 0.3 is 0 Å². The minimum atomic E-state index is 0.802. The highest BCUT2D eigenvalue weighted by Crippen LogP contribution is 2.26. The summed E-state index contributed by atoms with van der Waals surface area (Å²) in [4.78, 5) is 4.41. The summed E-state index contributed by atoms with van der Waals surface area (Å²) in [6.07, 6.45) is 3.55. The minimum absolute atomic E-state index is 0.802. The van der Waals surface area contributed by atoms with Crippen molar-refractivity contribution >= 4 is 33.3 Å². The smallest absolute Gasteiger partial charge is 0.141 e. The van der Waals surface area contributed by atoms with Gasteiger partial charge in [0.1, 0.15) is 5.82 Å². The maximum absolute atomic E-state index is 4.41. The Hall–Kier alpha value is -2.89. The highest BCUT2D eigenvalue weighted by atomic mass is 15.1. The Balaban J connectivity index is 1.81. The topological polar surface area (TPSA) is 82.3 Å². The lowest BCUT2D eigenvalue weighted by Gasteiger charge is -2.07. The van der Waals surface area contributed by atoms with Crippen molar-refractivity contribution in [3.05, 3.63) is 42.4 Å². The van der Waals surface area contributed by atoms with Gasteiger partial charge in [-0.25, -0.2) is 4.98 Å². The fourth-order valence-electron chi connectivity index (χ4n) is 2.37. The number of nitrogens with zero attached hydrogens (tertiary/aromatic N) is 3. The van der Waals surface area contributed by atoms with E-state index in [0.717, 1.165) is 39.0 Å². The van der Waals surface area contributed by atoms with Crippen LogP contribution in [0, 0.1) is 6.92 Å². The van der Waals surface area contributed by atoms with Gasteiger partial charge in [-0.05, 0) is 31.2 Å². The number of fused-ring (bicyclic) bond motifs is 2. The molecule has 6 nitrogen and oxygen atoms in total. The summed E-state index contributed by atoms with van der Waals surface area (Å²) in [6.45, 7) is 1.99. The summed E-state index contributed by atoms with van der Waals surface area (Å²) < 4.78 is 0. The van der Waals surface area contributed by atoms with E-state index in [4.69, 9.17) is 0 Å². The number of rotatable bonds is 2. The third-order valence-corrected chi connectivity index (χ3v) is 3.35. The van der Waals surface area contributed by atoms with Gasteiger partial charge in [0.25, 0.3) is 0 Å². The molecule has 0 fully saturated rings. The maximum Gasteiger partial charge on any atom is 0.141 e. The van der Waals surface area contributed by atoms with E-state index in [1.54, 1.807) is 12.4 Å². The molecule has 0 spiro atoms. The van der Waals surface area contributed by atoms with Gasteiger partial charge in [0, 0.05) is 23.0 Å². The van der Waals surface area contributed by atoms with Crippen LogP contribution in [-0.4, -0.2) is 25.4 Å². The van der Waals surface area contributed by atoms with Gasteiger partial charge in [0.05, 0.1) is 22.6 Å². The van der Waals surface area contributed by atoms with Gasteiger partial charge in [0.15, 0.2) is 0 Å². The van der Waals surface area contributed by atoms with Gasteiger partial charge in [-0.2, -0.15) is 10.2 Å². The van der Waals surface area contributed by atoms with Crippen LogP contribution in [0.4, 0.5) is 11.5 Å². The van der Waals surface area contributed by atoms with E-state index in [-0.39, 0.29) is 0 Å². The van der Waals surface area contributed by atoms with Gasteiger partial charge in [0.2, 0.25) is 0 Å². The van der Waals surface area contributed by atoms with E-state index in [1.807, 2.05) is 31.2 Å². The number of nitrogens with one attached hydrogen (secondary N) is 3. The summed E-state index contributed by atoms with van der Waals surface area (Å²) in [5.74, 6) is 0.802. The zero-order chi connectivity index (χ0) is 13.5. The van der Waals surface area contributed by atoms with Crippen molar-refractivity contribution in [2.45, 2.75) is 6.92 Å². The zero-order valence-corrected chi connectivity index (χ0v) is 10.8. The second-order valence-electron chi connectivity index (χ2n) is 4.70. The first-order chi connectivity index (χ1) is 9.81. The van der Waals surface area contributed by atoms with Crippen LogP contribution in [-0.2, 0) is 0 Å². The van der Waals surface area contributed by atoms with Crippen molar-refractivity contribution < 1.29 is 0 Å². The molecule has 0 aliphatic carbocycles. The molecule has 0 aliphatic rings. The highest BCUT2D eigenvalue weighted by molar-refractivity contribution is 5.93. The number of hydrogen-bond donors (Lipinski definition) is 3. The Morgan fingerprint density at radius 2 is 2.10 bits per heavy atom. The number of aryl methyl sites for hydroxylation is 1. The fourth-order valence-corrected chi connectivity index (χ4v) is 2.37. The molecule has 3 heterocycles. The molecule has 0 radical (unpaired) electrons. The van der Waals surface area contributed by atoms with Crippen LogP contribution in [0.3, 0.4) is 0 Å². The first kappa shape index (κ1) is 11.0. The van der Waals surface area contributed by atoms with Crippen molar-refractivity contribution in [2.24, 2.45) is 0 Å². The summed E-state index contributed by atoms with van der Waals surface area (Å²) >= 11 is 0. The second-order valence-corrected chi connectivity index (χ2v) is 4.70. The van der Waals surface area contributed by atoms with Crippen LogP contribution in [0.5, 0.6) is 0 Å². The Morgan fingerprint density at radius 3 is 3.05 bits per heavy atom. The Labute approximate surface area is 114 Å². The number of H-pyrrole nitrogens is 2. The Bertz CT molecular complexity index is 904. The molecule has 4 rings (SSSR count). The van der Waals surface area contributed by atoms with Crippen molar-refractivity contribution in [2.75, 3.05) is 5.32 Å². The van der Waals surface area contributed by atoms with E-state index in [0.29, 0.717) is 0 Å². The molecule has 0 bridgehead atoms. The van der Waals surface area contributed by atoms with Crippen LogP contribution in [0.15, 0.2) is 36.7 Å². The molecular formula is C14H12N6. The lowest BCUT2D eigenvalue weighted by molar-refractivity contribution is 1.07. The van der Waals surface area contributed by atoms with Crippen LogP contribution in [0.25, 0.3) is 21.8 Å². The van der Waals surface area contributed by atoms with Crippen molar-refractivity contribution in [1.82, 2.24) is 25.4 Å². The monoisotopic (exact) mass is 264 g/mol. The molecule has 0 aliphatic heterocycles. The molecule has 0 saturated carbocycles. The molecule has 6 heteroatoms. The number of hydrogen-bond acceptors (Lipinski definition) is 4. The van der Waals surface area contributed by atoms with E-state index in [2.05, 4.69) is 30.7 Å². The van der Waals surface area contributed by atoms with Crippen LogP contribution in [0.2, 0.25) is 0 Å². The molecule has 3 N–H and O–H groups in total. The number of aromatic nitrogens is 5. The number of aromatic amines is 2. The lowest BCUT2D eigenvalue weighted by atomic mass is 10.2. The standard InChI is InChI=1S/C14H12N6/c1-8-13-12(20-18-8)4-5-15-14(13)17-10-2-3-11-9(6-10)7-16-19-11/h2-7H,1H3,(H,15,17)(H,16,19)(H,18,20). The minimum Gasteiger partial charge on any atom is -0.340 e. The predicted octanol–water partition coefficient (Wildman–Crippen LogP) is 2.89. The predicted molar refractivity (Wildman–Crippen MR) is 78.0 cm³/mol. The molecule has 0 amide bonds.